The fraction of sp³-hybridized carbons (Fsp3) is 0.545. The molecule has 6 heteroatoms. The van der Waals surface area contributed by atoms with Crippen LogP contribution >= 0.6 is 0 Å². The minimum absolute atomic E-state index is 0.0350. The molecule has 1 amide bonds. The molecule has 0 unspecified atom stereocenters. The van der Waals surface area contributed by atoms with Crippen LogP contribution in [0.25, 0.3) is 6.08 Å². The van der Waals surface area contributed by atoms with E-state index < -0.39 is 5.97 Å². The Balaban J connectivity index is 1.69. The third kappa shape index (κ3) is 5.00. The van der Waals surface area contributed by atoms with Crippen molar-refractivity contribution in [1.29, 1.82) is 0 Å². The van der Waals surface area contributed by atoms with Gasteiger partial charge in [0.15, 0.2) is 0 Å². The fourth-order valence-corrected chi connectivity index (χ4v) is 4.38. The predicted molar refractivity (Wildman–Crippen MR) is 110 cm³/mol. The van der Waals surface area contributed by atoms with Gasteiger partial charge in [-0.15, -0.1) is 0 Å². The summed E-state index contributed by atoms with van der Waals surface area (Å²) < 4.78 is 0. The van der Waals surface area contributed by atoms with Gasteiger partial charge in [-0.1, -0.05) is 24.8 Å². The molecule has 0 bridgehead atoms. The number of piperazine rings is 1. The summed E-state index contributed by atoms with van der Waals surface area (Å²) in [5, 5.41) is 9.17. The second-order valence-corrected chi connectivity index (χ2v) is 7.97. The number of likely N-dealkylation sites (N-methyl/N-ethyl adjacent to an activating group) is 1. The van der Waals surface area contributed by atoms with Gasteiger partial charge in [-0.3, -0.25) is 14.5 Å². The van der Waals surface area contributed by atoms with E-state index in [-0.39, 0.29) is 18.2 Å². The zero-order chi connectivity index (χ0) is 20.1. The lowest BCUT2D eigenvalue weighted by Crippen LogP contribution is -2.57. The maximum absolute atomic E-state index is 13.0. The minimum atomic E-state index is -0.763. The summed E-state index contributed by atoms with van der Waals surface area (Å²) in [6.07, 6.45) is 3.44. The van der Waals surface area contributed by atoms with Crippen LogP contribution in [0.1, 0.15) is 35.2 Å². The number of benzene rings is 1. The Morgan fingerprint density at radius 1 is 1.14 bits per heavy atom. The molecule has 0 radical (unpaired) electrons. The van der Waals surface area contributed by atoms with Gasteiger partial charge in [0.05, 0.1) is 0 Å². The van der Waals surface area contributed by atoms with Crippen molar-refractivity contribution in [3.05, 3.63) is 42.0 Å². The number of nitrogens with zero attached hydrogens (tertiary/aromatic N) is 3. The third-order valence-corrected chi connectivity index (χ3v) is 6.11. The highest BCUT2D eigenvalue weighted by molar-refractivity contribution is 5.94. The monoisotopic (exact) mass is 385 g/mol. The van der Waals surface area contributed by atoms with Crippen molar-refractivity contribution in [3.63, 3.8) is 0 Å². The number of aliphatic carboxylic acids is 1. The van der Waals surface area contributed by atoms with E-state index in [4.69, 9.17) is 5.11 Å². The fourth-order valence-electron chi connectivity index (χ4n) is 4.38. The van der Waals surface area contributed by atoms with Crippen LogP contribution in [0.4, 0.5) is 0 Å². The highest BCUT2D eigenvalue weighted by Gasteiger charge is 2.36. The first-order chi connectivity index (χ1) is 13.5. The Morgan fingerprint density at radius 2 is 1.82 bits per heavy atom. The summed E-state index contributed by atoms with van der Waals surface area (Å²) in [6.45, 7) is 9.22. The smallest absolute Gasteiger partial charge is 0.303 e. The minimum Gasteiger partial charge on any atom is -0.481 e. The number of carboxylic acid groups (broad SMARTS) is 1. The van der Waals surface area contributed by atoms with Gasteiger partial charge in [0.1, 0.15) is 0 Å². The number of hydrogen-bond donors (Lipinski definition) is 1. The highest BCUT2D eigenvalue weighted by atomic mass is 16.4. The number of carboxylic acids is 1. The molecule has 0 saturated carbocycles. The maximum Gasteiger partial charge on any atom is 0.303 e. The normalized spacial score (nSPS) is 24.1. The second-order valence-electron chi connectivity index (χ2n) is 7.97. The Morgan fingerprint density at radius 3 is 2.43 bits per heavy atom. The Bertz CT molecular complexity index is 695. The summed E-state index contributed by atoms with van der Waals surface area (Å²) in [7, 11) is 2.14. The van der Waals surface area contributed by atoms with Gasteiger partial charge in [0.25, 0.3) is 5.91 Å². The average molecular weight is 386 g/mol. The van der Waals surface area contributed by atoms with Crippen LogP contribution < -0.4 is 0 Å². The van der Waals surface area contributed by atoms with Crippen LogP contribution in [0, 0.1) is 5.92 Å². The van der Waals surface area contributed by atoms with Crippen LogP contribution in [0.15, 0.2) is 30.8 Å². The molecule has 2 saturated heterocycles. The zero-order valence-corrected chi connectivity index (χ0v) is 16.7. The molecule has 6 nitrogen and oxygen atoms in total. The van der Waals surface area contributed by atoms with E-state index in [1.807, 2.05) is 29.2 Å². The lowest BCUT2D eigenvalue weighted by molar-refractivity contribution is -0.137. The summed E-state index contributed by atoms with van der Waals surface area (Å²) in [4.78, 5) is 30.9. The molecule has 3 rings (SSSR count). The number of piperidine rings is 1. The molecule has 1 aromatic rings. The molecule has 0 aliphatic carbocycles. The van der Waals surface area contributed by atoms with Crippen LogP contribution in [-0.2, 0) is 4.79 Å². The SMILES string of the molecule is C=Cc1ccc(C(=O)N2CC[C@@H](N3CCN(C)CC3)[C@@H](CCC(=O)O)C2)cc1. The molecular formula is C22H31N3O3. The van der Waals surface area contributed by atoms with Crippen molar-refractivity contribution in [2.45, 2.75) is 25.3 Å². The van der Waals surface area contributed by atoms with Crippen molar-refractivity contribution in [2.75, 3.05) is 46.3 Å². The number of rotatable bonds is 6. The predicted octanol–water partition coefficient (Wildman–Crippen LogP) is 2.27. The molecule has 1 N–H and O–H groups in total. The number of amides is 1. The lowest BCUT2D eigenvalue weighted by Gasteiger charge is -2.46. The molecule has 0 aromatic heterocycles. The molecule has 0 spiro atoms. The first-order valence-corrected chi connectivity index (χ1v) is 10.1. The molecule has 28 heavy (non-hydrogen) atoms. The molecule has 1 aromatic carbocycles. The number of hydrogen-bond acceptors (Lipinski definition) is 4. The molecule has 2 fully saturated rings. The summed E-state index contributed by atoms with van der Waals surface area (Å²) >= 11 is 0. The van der Waals surface area contributed by atoms with Crippen LogP contribution in [0.5, 0.6) is 0 Å². The largest absolute Gasteiger partial charge is 0.481 e. The standard InChI is InChI=1S/C22H31N3O3/c1-3-17-4-6-18(7-5-17)22(28)25-11-10-20(19(16-25)8-9-21(26)27)24-14-12-23(2)13-15-24/h3-7,19-20H,1,8-16H2,2H3,(H,26,27)/t19-,20+/m0/s1. The molecule has 2 aliphatic rings. The van der Waals surface area contributed by atoms with Gasteiger partial charge < -0.3 is 14.9 Å². The van der Waals surface area contributed by atoms with Crippen LogP contribution in [-0.4, -0.2) is 84.0 Å². The van der Waals surface area contributed by atoms with E-state index in [1.165, 1.54) is 0 Å². The van der Waals surface area contributed by atoms with E-state index in [0.29, 0.717) is 24.6 Å². The molecular weight excluding hydrogens is 354 g/mol. The van der Waals surface area contributed by atoms with Gasteiger partial charge >= 0.3 is 5.97 Å². The van der Waals surface area contributed by atoms with E-state index in [0.717, 1.165) is 44.7 Å². The first kappa shape index (κ1) is 20.6. The van der Waals surface area contributed by atoms with Crippen molar-refractivity contribution in [3.8, 4) is 0 Å². The third-order valence-electron chi connectivity index (χ3n) is 6.11. The lowest BCUT2D eigenvalue weighted by atomic mass is 9.86. The van der Waals surface area contributed by atoms with E-state index in [2.05, 4.69) is 23.4 Å². The highest BCUT2D eigenvalue weighted by Crippen LogP contribution is 2.28. The van der Waals surface area contributed by atoms with E-state index in [1.54, 1.807) is 6.08 Å². The first-order valence-electron chi connectivity index (χ1n) is 10.1. The Kier molecular flexibility index (Phi) is 6.86. The molecule has 2 heterocycles. The zero-order valence-electron chi connectivity index (χ0n) is 16.7. The van der Waals surface area contributed by atoms with Gasteiger partial charge in [-0.25, -0.2) is 0 Å². The topological polar surface area (TPSA) is 64.1 Å². The Labute approximate surface area is 167 Å². The number of carbonyl (C=O) groups excluding carboxylic acids is 1. The van der Waals surface area contributed by atoms with Crippen molar-refractivity contribution < 1.29 is 14.7 Å². The van der Waals surface area contributed by atoms with Crippen molar-refractivity contribution in [2.24, 2.45) is 5.92 Å². The molecule has 2 aliphatic heterocycles. The average Bonchev–Trinajstić information content (AvgIpc) is 2.72. The summed E-state index contributed by atoms with van der Waals surface area (Å²) in [5.74, 6) is -0.530. The van der Waals surface area contributed by atoms with E-state index in [9.17, 15) is 9.59 Å². The maximum atomic E-state index is 13.0. The van der Waals surface area contributed by atoms with E-state index >= 15 is 0 Å². The number of carbonyl (C=O) groups is 2. The van der Waals surface area contributed by atoms with Gasteiger partial charge in [-0.05, 0) is 43.5 Å². The Hall–Kier alpha value is -2.18. The summed E-state index contributed by atoms with van der Waals surface area (Å²) in [5.41, 5.74) is 1.67. The summed E-state index contributed by atoms with van der Waals surface area (Å²) in [6, 6.07) is 7.86. The van der Waals surface area contributed by atoms with Crippen molar-refractivity contribution >= 4 is 18.0 Å². The van der Waals surface area contributed by atoms with Gasteiger partial charge in [0.2, 0.25) is 0 Å². The van der Waals surface area contributed by atoms with Crippen LogP contribution in [0.3, 0.4) is 0 Å². The van der Waals surface area contributed by atoms with Crippen molar-refractivity contribution in [1.82, 2.24) is 14.7 Å². The second kappa shape index (κ2) is 9.34. The quantitative estimate of drug-likeness (QED) is 0.814. The molecule has 2 atom stereocenters. The molecule has 152 valence electrons. The van der Waals surface area contributed by atoms with Crippen LogP contribution in [0.2, 0.25) is 0 Å². The number of likely N-dealkylation sites (tertiary alicyclic amines) is 1. The van der Waals surface area contributed by atoms with Gasteiger partial charge in [0, 0.05) is 57.3 Å². The van der Waals surface area contributed by atoms with Gasteiger partial charge in [-0.2, -0.15) is 0 Å².